The summed E-state index contributed by atoms with van der Waals surface area (Å²) in [4.78, 5) is 0. The molecule has 1 aromatic carbocycles. The molecule has 0 saturated heterocycles. The molecular weight excluding hydrogens is 236 g/mol. The van der Waals surface area contributed by atoms with Crippen LogP contribution >= 0.6 is 0 Å². The van der Waals surface area contributed by atoms with Crippen LogP contribution in [0.25, 0.3) is 0 Å². The van der Waals surface area contributed by atoms with Gasteiger partial charge in [0, 0.05) is 13.7 Å². The Morgan fingerprint density at radius 1 is 1.28 bits per heavy atom. The second-order valence-corrected chi connectivity index (χ2v) is 4.68. The Labute approximate surface area is 107 Å². The molecule has 1 unspecified atom stereocenters. The lowest BCUT2D eigenvalue weighted by atomic mass is 9.99. The van der Waals surface area contributed by atoms with Gasteiger partial charge >= 0.3 is 0 Å². The lowest BCUT2D eigenvalue weighted by Gasteiger charge is -2.13. The number of aryl methyl sites for hydroxylation is 1. The van der Waals surface area contributed by atoms with Gasteiger partial charge in [-0.05, 0) is 36.9 Å². The zero-order valence-corrected chi connectivity index (χ0v) is 11.2. The number of hydrogen-bond acceptors (Lipinski definition) is 2. The molecule has 0 heterocycles. The van der Waals surface area contributed by atoms with Crippen molar-refractivity contribution in [1.82, 2.24) is 5.32 Å². The van der Waals surface area contributed by atoms with Crippen LogP contribution in [0.1, 0.15) is 18.1 Å². The first kappa shape index (κ1) is 15.1. The highest BCUT2D eigenvalue weighted by atomic mass is 19.2. The molecule has 4 heteroatoms. The third-order valence-corrected chi connectivity index (χ3v) is 2.90. The average Bonchev–Trinajstić information content (AvgIpc) is 2.35. The second kappa shape index (κ2) is 7.44. The number of methoxy groups -OCH3 is 1. The maximum absolute atomic E-state index is 13.7. The summed E-state index contributed by atoms with van der Waals surface area (Å²) in [6, 6.07) is 3.29. The number of ether oxygens (including phenoxy) is 1. The van der Waals surface area contributed by atoms with Gasteiger partial charge in [-0.3, -0.25) is 0 Å². The lowest BCUT2D eigenvalue weighted by molar-refractivity contribution is 0.198. The summed E-state index contributed by atoms with van der Waals surface area (Å²) in [5.41, 5.74) is 0.793. The van der Waals surface area contributed by atoms with Crippen LogP contribution in [-0.4, -0.2) is 26.8 Å². The van der Waals surface area contributed by atoms with Gasteiger partial charge in [-0.25, -0.2) is 8.78 Å². The predicted octanol–water partition coefficient (Wildman–Crippen LogP) is 2.69. The molecule has 0 aliphatic heterocycles. The Bertz CT molecular complexity index is 382. The van der Waals surface area contributed by atoms with Crippen molar-refractivity contribution in [3.63, 3.8) is 0 Å². The molecule has 0 saturated carbocycles. The van der Waals surface area contributed by atoms with Crippen LogP contribution in [0.15, 0.2) is 12.1 Å². The van der Waals surface area contributed by atoms with E-state index >= 15 is 0 Å². The van der Waals surface area contributed by atoms with Crippen LogP contribution < -0.4 is 5.32 Å². The molecule has 1 atom stereocenters. The first-order valence-electron chi connectivity index (χ1n) is 6.19. The Kier molecular flexibility index (Phi) is 6.22. The van der Waals surface area contributed by atoms with Crippen LogP contribution in [0.5, 0.6) is 0 Å². The molecule has 0 aliphatic carbocycles. The second-order valence-electron chi connectivity index (χ2n) is 4.68. The quantitative estimate of drug-likeness (QED) is 0.758. The molecule has 0 bridgehead atoms. The highest BCUT2D eigenvalue weighted by Crippen LogP contribution is 2.18. The van der Waals surface area contributed by atoms with Crippen molar-refractivity contribution < 1.29 is 13.5 Å². The van der Waals surface area contributed by atoms with Gasteiger partial charge in [0.05, 0.1) is 6.61 Å². The van der Waals surface area contributed by atoms with Gasteiger partial charge in [-0.2, -0.15) is 0 Å². The highest BCUT2D eigenvalue weighted by molar-refractivity contribution is 5.25. The maximum atomic E-state index is 13.7. The van der Waals surface area contributed by atoms with E-state index < -0.39 is 11.6 Å². The normalized spacial score (nSPS) is 12.7. The van der Waals surface area contributed by atoms with Crippen LogP contribution in [0.2, 0.25) is 0 Å². The van der Waals surface area contributed by atoms with Crippen molar-refractivity contribution in [2.45, 2.75) is 20.3 Å². The number of halogens is 2. The SMILES string of the molecule is COCCNCC(C)Cc1ccc(C)c(F)c1F. The lowest BCUT2D eigenvalue weighted by Crippen LogP contribution is -2.26. The van der Waals surface area contributed by atoms with E-state index in [1.54, 1.807) is 26.2 Å². The summed E-state index contributed by atoms with van der Waals surface area (Å²) in [5, 5.41) is 3.21. The largest absolute Gasteiger partial charge is 0.383 e. The zero-order valence-electron chi connectivity index (χ0n) is 11.2. The van der Waals surface area contributed by atoms with Gasteiger partial charge in [0.25, 0.3) is 0 Å². The fourth-order valence-electron chi connectivity index (χ4n) is 1.81. The molecule has 0 aromatic heterocycles. The standard InChI is InChI=1S/C14H21F2NO/c1-10(9-17-6-7-18-3)8-12-5-4-11(2)13(15)14(12)16/h4-5,10,17H,6-9H2,1-3H3. The molecule has 0 aliphatic rings. The first-order chi connectivity index (χ1) is 8.56. The summed E-state index contributed by atoms with van der Waals surface area (Å²) in [6.45, 7) is 5.76. The molecule has 2 nitrogen and oxygen atoms in total. The van der Waals surface area contributed by atoms with Crippen molar-refractivity contribution in [2.75, 3.05) is 26.8 Å². The van der Waals surface area contributed by atoms with E-state index in [9.17, 15) is 8.78 Å². The number of rotatable bonds is 7. The van der Waals surface area contributed by atoms with Crippen molar-refractivity contribution in [2.24, 2.45) is 5.92 Å². The Morgan fingerprint density at radius 3 is 2.67 bits per heavy atom. The fraction of sp³-hybridized carbons (Fsp3) is 0.571. The third kappa shape index (κ3) is 4.35. The molecule has 1 N–H and O–H groups in total. The van der Waals surface area contributed by atoms with Crippen LogP contribution in [-0.2, 0) is 11.2 Å². The van der Waals surface area contributed by atoms with E-state index in [1.807, 2.05) is 6.92 Å². The molecule has 0 radical (unpaired) electrons. The van der Waals surface area contributed by atoms with Crippen molar-refractivity contribution in [3.05, 3.63) is 34.9 Å². The van der Waals surface area contributed by atoms with Gasteiger partial charge in [-0.1, -0.05) is 19.1 Å². The molecule has 1 rings (SSSR count). The molecular formula is C14H21F2NO. The minimum atomic E-state index is -0.730. The van der Waals surface area contributed by atoms with E-state index in [0.29, 0.717) is 24.2 Å². The molecule has 18 heavy (non-hydrogen) atoms. The minimum absolute atomic E-state index is 0.249. The molecule has 0 amide bonds. The van der Waals surface area contributed by atoms with E-state index in [-0.39, 0.29) is 5.92 Å². The Balaban J connectivity index is 2.49. The topological polar surface area (TPSA) is 21.3 Å². The van der Waals surface area contributed by atoms with Gasteiger partial charge in [0.2, 0.25) is 0 Å². The summed E-state index contributed by atoms with van der Waals surface area (Å²) < 4.78 is 32.0. The Hall–Kier alpha value is -1.00. The van der Waals surface area contributed by atoms with E-state index in [1.165, 1.54) is 0 Å². The summed E-state index contributed by atoms with van der Waals surface area (Å²) in [5.74, 6) is -1.19. The van der Waals surface area contributed by atoms with Gasteiger partial charge in [-0.15, -0.1) is 0 Å². The van der Waals surface area contributed by atoms with Crippen LogP contribution in [0, 0.1) is 24.5 Å². The smallest absolute Gasteiger partial charge is 0.162 e. The summed E-state index contributed by atoms with van der Waals surface area (Å²) in [6.07, 6.45) is 0.531. The molecule has 0 spiro atoms. The van der Waals surface area contributed by atoms with Crippen molar-refractivity contribution in [3.8, 4) is 0 Å². The summed E-state index contributed by atoms with van der Waals surface area (Å²) >= 11 is 0. The third-order valence-electron chi connectivity index (χ3n) is 2.90. The van der Waals surface area contributed by atoms with Gasteiger partial charge in [0.1, 0.15) is 0 Å². The van der Waals surface area contributed by atoms with Crippen LogP contribution in [0.3, 0.4) is 0 Å². The Morgan fingerprint density at radius 2 is 2.00 bits per heavy atom. The van der Waals surface area contributed by atoms with Gasteiger partial charge < -0.3 is 10.1 Å². The monoisotopic (exact) mass is 257 g/mol. The number of hydrogen-bond donors (Lipinski definition) is 1. The summed E-state index contributed by atoms with van der Waals surface area (Å²) in [7, 11) is 1.65. The number of nitrogens with one attached hydrogen (secondary N) is 1. The average molecular weight is 257 g/mol. The van der Waals surface area contributed by atoms with E-state index in [4.69, 9.17) is 4.74 Å². The van der Waals surface area contributed by atoms with Crippen molar-refractivity contribution in [1.29, 1.82) is 0 Å². The molecule has 0 fully saturated rings. The molecule has 1 aromatic rings. The fourth-order valence-corrected chi connectivity index (χ4v) is 1.81. The van der Waals surface area contributed by atoms with E-state index in [0.717, 1.165) is 13.1 Å². The van der Waals surface area contributed by atoms with Crippen molar-refractivity contribution >= 4 is 0 Å². The highest BCUT2D eigenvalue weighted by Gasteiger charge is 2.13. The predicted molar refractivity (Wildman–Crippen MR) is 68.7 cm³/mol. The van der Waals surface area contributed by atoms with E-state index in [2.05, 4.69) is 5.32 Å². The molecule has 102 valence electrons. The van der Waals surface area contributed by atoms with Crippen LogP contribution in [0.4, 0.5) is 8.78 Å². The number of benzene rings is 1. The first-order valence-corrected chi connectivity index (χ1v) is 6.19. The zero-order chi connectivity index (χ0) is 13.5. The minimum Gasteiger partial charge on any atom is -0.383 e. The maximum Gasteiger partial charge on any atom is 0.162 e. The van der Waals surface area contributed by atoms with Gasteiger partial charge in [0.15, 0.2) is 11.6 Å².